The van der Waals surface area contributed by atoms with E-state index in [2.05, 4.69) is 5.10 Å². The second-order valence-corrected chi connectivity index (χ2v) is 7.67. The molecule has 10 heteroatoms. The Morgan fingerprint density at radius 2 is 2.00 bits per heavy atom. The Balaban J connectivity index is 2.06. The maximum Gasteiger partial charge on any atom is 0.435 e. The summed E-state index contributed by atoms with van der Waals surface area (Å²) in [6.07, 6.45) is -4.13. The minimum absolute atomic E-state index is 0.0914. The zero-order valence-corrected chi connectivity index (χ0v) is 14.2. The van der Waals surface area contributed by atoms with E-state index in [1.165, 1.54) is 7.05 Å². The number of hydrogen-bond acceptors (Lipinski definition) is 4. The molecule has 1 atom stereocenters. The molecule has 0 saturated carbocycles. The van der Waals surface area contributed by atoms with E-state index < -0.39 is 26.9 Å². The Bertz CT molecular complexity index is 892. The van der Waals surface area contributed by atoms with Crippen LogP contribution in [0.25, 0.3) is 0 Å². The van der Waals surface area contributed by atoms with Crippen molar-refractivity contribution in [3.8, 4) is 0 Å². The average Bonchev–Trinajstić information content (AvgIpc) is 3.10. The summed E-state index contributed by atoms with van der Waals surface area (Å²) in [6, 6.07) is 7.51. The van der Waals surface area contributed by atoms with E-state index in [1.807, 2.05) is 6.07 Å². The van der Waals surface area contributed by atoms with Gasteiger partial charge in [0.15, 0.2) is 10.7 Å². The molecule has 6 nitrogen and oxygen atoms in total. The fourth-order valence-corrected chi connectivity index (χ4v) is 4.74. The number of para-hydroxylation sites is 1. The van der Waals surface area contributed by atoms with E-state index in [-0.39, 0.29) is 12.5 Å². The predicted octanol–water partition coefficient (Wildman–Crippen LogP) is 2.08. The zero-order valence-electron chi connectivity index (χ0n) is 13.4. The third-order valence-electron chi connectivity index (χ3n) is 4.23. The quantitative estimate of drug-likeness (QED) is 0.888. The van der Waals surface area contributed by atoms with Crippen molar-refractivity contribution in [2.75, 3.05) is 17.4 Å². The van der Waals surface area contributed by atoms with Gasteiger partial charge in [0.25, 0.3) is 10.0 Å². The van der Waals surface area contributed by atoms with Gasteiger partial charge in [0.2, 0.25) is 0 Å². The van der Waals surface area contributed by atoms with Crippen molar-refractivity contribution in [2.45, 2.75) is 23.5 Å². The van der Waals surface area contributed by atoms with Gasteiger partial charge in [-0.15, -0.1) is 0 Å². The Morgan fingerprint density at radius 1 is 1.32 bits per heavy atom. The van der Waals surface area contributed by atoms with Crippen LogP contribution in [-0.4, -0.2) is 31.3 Å². The largest absolute Gasteiger partial charge is 0.435 e. The second kappa shape index (κ2) is 6.03. The van der Waals surface area contributed by atoms with E-state index in [0.717, 1.165) is 14.6 Å². The lowest BCUT2D eigenvalue weighted by molar-refractivity contribution is -0.141. The molecule has 136 valence electrons. The van der Waals surface area contributed by atoms with Gasteiger partial charge >= 0.3 is 6.18 Å². The summed E-state index contributed by atoms with van der Waals surface area (Å²) < 4.78 is 66.4. The monoisotopic (exact) mass is 374 g/mol. The molecular weight excluding hydrogens is 357 g/mol. The molecule has 0 fully saturated rings. The van der Waals surface area contributed by atoms with Crippen LogP contribution in [-0.2, 0) is 23.2 Å². The van der Waals surface area contributed by atoms with Gasteiger partial charge in [0.1, 0.15) is 0 Å². The summed E-state index contributed by atoms with van der Waals surface area (Å²) in [5.41, 5.74) is 5.66. The van der Waals surface area contributed by atoms with Crippen LogP contribution in [0.15, 0.2) is 35.4 Å². The van der Waals surface area contributed by atoms with E-state index in [1.54, 1.807) is 18.2 Å². The highest BCUT2D eigenvalue weighted by molar-refractivity contribution is 7.92. The number of hydrogen-bond donors (Lipinski definition) is 1. The van der Waals surface area contributed by atoms with Crippen LogP contribution in [0.2, 0.25) is 0 Å². The van der Waals surface area contributed by atoms with Crippen molar-refractivity contribution in [1.29, 1.82) is 0 Å². The average molecular weight is 374 g/mol. The summed E-state index contributed by atoms with van der Waals surface area (Å²) in [5, 5.41) is 2.80. The van der Waals surface area contributed by atoms with Crippen LogP contribution >= 0.6 is 0 Å². The number of nitrogens with two attached hydrogens (primary N) is 1. The zero-order chi connectivity index (χ0) is 18.4. The van der Waals surface area contributed by atoms with Crippen molar-refractivity contribution in [3.63, 3.8) is 0 Å². The van der Waals surface area contributed by atoms with Crippen molar-refractivity contribution in [1.82, 2.24) is 9.78 Å². The molecule has 1 aliphatic heterocycles. The molecule has 0 radical (unpaired) electrons. The summed E-state index contributed by atoms with van der Waals surface area (Å²) in [5.74, 6) is -0.0914. The smallest absolute Gasteiger partial charge is 0.330 e. The molecule has 3 rings (SSSR count). The number of halogens is 3. The van der Waals surface area contributed by atoms with E-state index >= 15 is 0 Å². The van der Waals surface area contributed by atoms with Crippen LogP contribution in [0.5, 0.6) is 0 Å². The molecule has 1 aromatic heterocycles. The number of alkyl halides is 3. The van der Waals surface area contributed by atoms with Gasteiger partial charge in [0.05, 0.1) is 5.69 Å². The molecular formula is C15H17F3N4O2S. The first-order valence-corrected chi connectivity index (χ1v) is 9.03. The maximum absolute atomic E-state index is 13.0. The van der Waals surface area contributed by atoms with E-state index in [4.69, 9.17) is 5.73 Å². The summed E-state index contributed by atoms with van der Waals surface area (Å²) in [6.45, 7) is 0.530. The molecule has 0 aliphatic carbocycles. The third kappa shape index (κ3) is 2.99. The van der Waals surface area contributed by atoms with Crippen molar-refractivity contribution < 1.29 is 21.6 Å². The van der Waals surface area contributed by atoms with Gasteiger partial charge in [-0.2, -0.15) is 26.7 Å². The van der Waals surface area contributed by atoms with Crippen molar-refractivity contribution >= 4 is 15.7 Å². The van der Waals surface area contributed by atoms with Crippen molar-refractivity contribution in [2.24, 2.45) is 12.8 Å². The van der Waals surface area contributed by atoms with Crippen LogP contribution in [0.4, 0.5) is 18.9 Å². The van der Waals surface area contributed by atoms with Crippen molar-refractivity contribution in [3.05, 3.63) is 41.6 Å². The Morgan fingerprint density at radius 3 is 2.60 bits per heavy atom. The summed E-state index contributed by atoms with van der Waals surface area (Å²) in [4.78, 5) is 0. The fraction of sp³-hybridized carbons (Fsp3) is 0.400. The highest BCUT2D eigenvalue weighted by Crippen LogP contribution is 2.41. The first-order chi connectivity index (χ1) is 11.7. The molecule has 0 saturated heterocycles. The molecule has 2 N–H and O–H groups in total. The van der Waals surface area contributed by atoms with Gasteiger partial charge in [0, 0.05) is 25.6 Å². The van der Waals surface area contributed by atoms with Gasteiger partial charge in [-0.3, -0.25) is 8.99 Å². The molecule has 1 aliphatic rings. The van der Waals surface area contributed by atoms with Crippen LogP contribution in [0, 0.1) is 0 Å². The summed E-state index contributed by atoms with van der Waals surface area (Å²) in [7, 11) is -3.00. The number of anilines is 1. The first kappa shape index (κ1) is 17.7. The Hall–Kier alpha value is -2.07. The lowest BCUT2D eigenvalue weighted by Crippen LogP contribution is -2.31. The van der Waals surface area contributed by atoms with Crippen LogP contribution in [0.3, 0.4) is 0 Å². The predicted molar refractivity (Wildman–Crippen MR) is 85.6 cm³/mol. The molecule has 0 amide bonds. The SMILES string of the molecule is Cn1nc(C(F)(F)F)cc1S(=O)(=O)N1CC(CCN)c2ccccc21. The topological polar surface area (TPSA) is 81.2 Å². The molecule has 25 heavy (non-hydrogen) atoms. The minimum Gasteiger partial charge on any atom is -0.330 e. The van der Waals surface area contributed by atoms with Crippen LogP contribution in [0.1, 0.15) is 23.6 Å². The highest BCUT2D eigenvalue weighted by Gasteiger charge is 2.41. The number of sulfonamides is 1. The lowest BCUT2D eigenvalue weighted by atomic mass is 9.98. The number of aromatic nitrogens is 2. The molecule has 0 bridgehead atoms. The third-order valence-corrected chi connectivity index (χ3v) is 6.07. The lowest BCUT2D eigenvalue weighted by Gasteiger charge is -2.19. The molecule has 2 heterocycles. The Kier molecular flexibility index (Phi) is 4.28. The van der Waals surface area contributed by atoms with Gasteiger partial charge < -0.3 is 5.73 Å². The number of benzene rings is 1. The number of fused-ring (bicyclic) bond motifs is 1. The first-order valence-electron chi connectivity index (χ1n) is 7.59. The molecule has 0 spiro atoms. The minimum atomic E-state index is -4.71. The summed E-state index contributed by atoms with van der Waals surface area (Å²) >= 11 is 0. The van der Waals surface area contributed by atoms with Gasteiger partial charge in [-0.1, -0.05) is 18.2 Å². The molecule has 2 aromatic rings. The highest BCUT2D eigenvalue weighted by atomic mass is 32.2. The maximum atomic E-state index is 13.0. The number of rotatable bonds is 4. The second-order valence-electron chi connectivity index (χ2n) is 5.86. The molecule has 1 unspecified atom stereocenters. The standard InChI is InChI=1S/C15H17F3N4O2S/c1-21-14(8-13(20-21)15(16,17)18)25(23,24)22-9-10(6-7-19)11-4-2-3-5-12(11)22/h2-5,8,10H,6-7,9,19H2,1H3. The molecule has 1 aromatic carbocycles. The van der Waals surface area contributed by atoms with Gasteiger partial charge in [-0.25, -0.2) is 0 Å². The van der Waals surface area contributed by atoms with Crippen LogP contribution < -0.4 is 10.0 Å². The van der Waals surface area contributed by atoms with E-state index in [9.17, 15) is 21.6 Å². The number of nitrogens with zero attached hydrogens (tertiary/aromatic N) is 3. The van der Waals surface area contributed by atoms with E-state index in [0.29, 0.717) is 24.7 Å². The van der Waals surface area contributed by atoms with Gasteiger partial charge in [-0.05, 0) is 24.6 Å². The normalized spacial score (nSPS) is 17.8. The Labute approximate surface area is 143 Å². The number of aryl methyl sites for hydroxylation is 1. The fourth-order valence-electron chi connectivity index (χ4n) is 3.08.